The van der Waals surface area contributed by atoms with E-state index in [9.17, 15) is 13.2 Å². The Morgan fingerprint density at radius 1 is 1.02 bits per heavy atom. The molecule has 0 spiro atoms. The molecule has 40 heavy (non-hydrogen) atoms. The number of amides is 1. The summed E-state index contributed by atoms with van der Waals surface area (Å²) in [7, 11) is -0.421. The Kier molecular flexibility index (Phi) is 8.30. The Morgan fingerprint density at radius 3 is 2.40 bits per heavy atom. The fourth-order valence-electron chi connectivity index (χ4n) is 4.81. The molecule has 1 saturated carbocycles. The van der Waals surface area contributed by atoms with Gasteiger partial charge in [0.15, 0.2) is 0 Å². The number of hydrazone groups is 1. The highest BCUT2D eigenvalue weighted by Gasteiger charge is 2.29. The summed E-state index contributed by atoms with van der Waals surface area (Å²) in [6, 6.07) is 19.3. The van der Waals surface area contributed by atoms with Crippen LogP contribution in [-0.4, -0.2) is 50.0 Å². The summed E-state index contributed by atoms with van der Waals surface area (Å²) in [5.41, 5.74) is 2.96. The molecule has 1 aromatic heterocycles. The molecule has 0 saturated heterocycles. The molecule has 0 bridgehead atoms. The van der Waals surface area contributed by atoms with Crippen LogP contribution in [-0.2, 0) is 10.0 Å². The number of anilines is 1. The second kappa shape index (κ2) is 11.9. The van der Waals surface area contributed by atoms with E-state index in [4.69, 9.17) is 4.74 Å². The number of hydrogen-bond donors (Lipinski definition) is 0. The minimum atomic E-state index is -3.67. The molecule has 8 nitrogen and oxygen atoms in total. The van der Waals surface area contributed by atoms with Crippen molar-refractivity contribution in [1.82, 2.24) is 9.29 Å². The van der Waals surface area contributed by atoms with E-state index < -0.39 is 15.9 Å². The third-order valence-corrected chi connectivity index (χ3v) is 10.1. The van der Waals surface area contributed by atoms with Crippen molar-refractivity contribution in [2.24, 2.45) is 5.10 Å². The number of carbonyl (C=O) groups is 1. The number of thiazole rings is 1. The highest BCUT2D eigenvalue weighted by atomic mass is 32.2. The van der Waals surface area contributed by atoms with E-state index in [1.165, 1.54) is 44.9 Å². The highest BCUT2D eigenvalue weighted by Crippen LogP contribution is 2.31. The van der Waals surface area contributed by atoms with E-state index in [1.54, 1.807) is 20.4 Å². The minimum Gasteiger partial charge on any atom is -0.497 e. The number of nitrogens with zero attached hydrogens (tertiary/aromatic N) is 4. The first-order valence-electron chi connectivity index (χ1n) is 13.2. The average molecular weight is 577 g/mol. The molecule has 1 fully saturated rings. The van der Waals surface area contributed by atoms with Gasteiger partial charge < -0.3 is 4.74 Å². The van der Waals surface area contributed by atoms with Crippen LogP contribution in [0.1, 0.15) is 53.6 Å². The van der Waals surface area contributed by atoms with E-state index in [-0.39, 0.29) is 10.9 Å². The highest BCUT2D eigenvalue weighted by molar-refractivity contribution is 7.89. The van der Waals surface area contributed by atoms with Crippen molar-refractivity contribution in [2.75, 3.05) is 19.2 Å². The molecule has 1 amide bonds. The minimum absolute atomic E-state index is 0.00511. The van der Waals surface area contributed by atoms with Crippen LogP contribution in [0, 0.1) is 6.92 Å². The number of aromatic nitrogens is 1. The third kappa shape index (κ3) is 5.94. The Balaban J connectivity index is 1.45. The predicted molar refractivity (Wildman–Crippen MR) is 160 cm³/mol. The van der Waals surface area contributed by atoms with Gasteiger partial charge in [0.05, 0.1) is 28.4 Å². The number of methoxy groups -OCH3 is 1. The number of aryl methyl sites for hydroxylation is 1. The zero-order chi connectivity index (χ0) is 28.3. The Morgan fingerprint density at radius 2 is 1.73 bits per heavy atom. The molecule has 0 unspecified atom stereocenters. The van der Waals surface area contributed by atoms with Crippen molar-refractivity contribution >= 4 is 48.8 Å². The number of fused-ring (bicyclic) bond motifs is 1. The van der Waals surface area contributed by atoms with Crippen molar-refractivity contribution in [3.8, 4) is 5.75 Å². The van der Waals surface area contributed by atoms with Crippen LogP contribution in [0.4, 0.5) is 5.13 Å². The maximum Gasteiger partial charge on any atom is 0.280 e. The molecule has 0 atom stereocenters. The van der Waals surface area contributed by atoms with Crippen LogP contribution >= 0.6 is 11.3 Å². The molecule has 1 aliphatic rings. The number of ether oxygens (including phenoxy) is 1. The van der Waals surface area contributed by atoms with Gasteiger partial charge in [-0.3, -0.25) is 4.79 Å². The molecule has 4 aromatic rings. The number of rotatable bonds is 8. The van der Waals surface area contributed by atoms with Crippen LogP contribution in [0.3, 0.4) is 0 Å². The van der Waals surface area contributed by atoms with Crippen LogP contribution in [0.15, 0.2) is 76.7 Å². The largest absolute Gasteiger partial charge is 0.497 e. The van der Waals surface area contributed by atoms with Gasteiger partial charge in [-0.05, 0) is 91.6 Å². The summed E-state index contributed by atoms with van der Waals surface area (Å²) in [5, 5.41) is 6.20. The lowest BCUT2D eigenvalue weighted by Crippen LogP contribution is -2.38. The lowest BCUT2D eigenvalue weighted by atomic mass is 9.96. The summed E-state index contributed by atoms with van der Waals surface area (Å²) in [5.74, 6) is 0.306. The van der Waals surface area contributed by atoms with Gasteiger partial charge >= 0.3 is 0 Å². The van der Waals surface area contributed by atoms with Gasteiger partial charge in [-0.25, -0.2) is 13.4 Å². The molecule has 0 aliphatic heterocycles. The van der Waals surface area contributed by atoms with Crippen molar-refractivity contribution in [1.29, 1.82) is 0 Å². The quantitative estimate of drug-likeness (QED) is 0.183. The zero-order valence-corrected chi connectivity index (χ0v) is 24.4. The standard InChI is InChI=1S/C30H32N4O4S2/c1-21-9-18-27-28(19-21)39-30(32-27)34(31-20-22-10-14-25(38-3)15-11-22)29(35)23-12-16-26(17-13-23)40(36,37)33(2)24-7-5-4-6-8-24/h9-20,24H,4-8H2,1-3H3/b31-20+. The summed E-state index contributed by atoms with van der Waals surface area (Å²) >= 11 is 1.37. The summed E-state index contributed by atoms with van der Waals surface area (Å²) in [6.45, 7) is 2.00. The molecular formula is C30H32N4O4S2. The van der Waals surface area contributed by atoms with Gasteiger partial charge in [-0.15, -0.1) is 0 Å². The molecule has 1 aliphatic carbocycles. The van der Waals surface area contributed by atoms with E-state index in [2.05, 4.69) is 10.1 Å². The Labute approximate surface area is 239 Å². The number of sulfonamides is 1. The monoisotopic (exact) mass is 576 g/mol. The molecule has 5 rings (SSSR count). The number of benzene rings is 3. The molecule has 10 heteroatoms. The predicted octanol–water partition coefficient (Wildman–Crippen LogP) is 6.25. The summed E-state index contributed by atoms with van der Waals surface area (Å²) in [6.07, 6.45) is 6.55. The lowest BCUT2D eigenvalue weighted by molar-refractivity contribution is 0.0987. The third-order valence-electron chi connectivity index (χ3n) is 7.21. The van der Waals surface area contributed by atoms with Crippen LogP contribution in [0.25, 0.3) is 10.2 Å². The molecular weight excluding hydrogens is 544 g/mol. The molecule has 208 valence electrons. The maximum atomic E-state index is 13.8. The summed E-state index contributed by atoms with van der Waals surface area (Å²) < 4.78 is 34.2. The molecule has 1 heterocycles. The maximum absolute atomic E-state index is 13.8. The average Bonchev–Trinajstić information content (AvgIpc) is 3.40. The van der Waals surface area contributed by atoms with E-state index >= 15 is 0 Å². The van der Waals surface area contributed by atoms with Gasteiger partial charge in [0.2, 0.25) is 15.2 Å². The second-order valence-electron chi connectivity index (χ2n) is 9.94. The van der Waals surface area contributed by atoms with Crippen molar-refractivity contribution < 1.29 is 17.9 Å². The number of carbonyl (C=O) groups excluding carboxylic acids is 1. The van der Waals surface area contributed by atoms with Gasteiger partial charge in [0.25, 0.3) is 5.91 Å². The Bertz CT molecular complexity index is 1620. The molecule has 0 N–H and O–H groups in total. The first-order valence-corrected chi connectivity index (χ1v) is 15.5. The first-order chi connectivity index (χ1) is 19.3. The topological polar surface area (TPSA) is 92.2 Å². The normalized spacial score (nSPS) is 14.7. The van der Waals surface area contributed by atoms with E-state index in [0.29, 0.717) is 10.7 Å². The van der Waals surface area contributed by atoms with Crippen molar-refractivity contribution in [3.63, 3.8) is 0 Å². The summed E-state index contributed by atoms with van der Waals surface area (Å²) in [4.78, 5) is 18.6. The zero-order valence-electron chi connectivity index (χ0n) is 22.8. The van der Waals surface area contributed by atoms with E-state index in [1.807, 2.05) is 49.4 Å². The van der Waals surface area contributed by atoms with E-state index in [0.717, 1.165) is 59.2 Å². The fourth-order valence-corrected chi connectivity index (χ4v) is 7.25. The van der Waals surface area contributed by atoms with Crippen molar-refractivity contribution in [2.45, 2.75) is 50.0 Å². The lowest BCUT2D eigenvalue weighted by Gasteiger charge is -2.30. The van der Waals surface area contributed by atoms with Crippen molar-refractivity contribution in [3.05, 3.63) is 83.4 Å². The van der Waals surface area contributed by atoms with Crippen LogP contribution < -0.4 is 9.75 Å². The fraction of sp³-hybridized carbons (Fsp3) is 0.300. The van der Waals surface area contributed by atoms with Gasteiger partial charge in [-0.2, -0.15) is 14.4 Å². The smallest absolute Gasteiger partial charge is 0.280 e. The Hall–Kier alpha value is -3.60. The van der Waals surface area contributed by atoms with Gasteiger partial charge in [-0.1, -0.05) is 36.7 Å². The first kappa shape index (κ1) is 27.9. The van der Waals surface area contributed by atoms with Gasteiger partial charge in [0, 0.05) is 18.7 Å². The number of hydrogen-bond acceptors (Lipinski definition) is 7. The van der Waals surface area contributed by atoms with Gasteiger partial charge in [0.1, 0.15) is 5.75 Å². The van der Waals surface area contributed by atoms with Crippen LogP contribution in [0.2, 0.25) is 0 Å². The van der Waals surface area contributed by atoms with Crippen LogP contribution in [0.5, 0.6) is 5.75 Å². The SMILES string of the molecule is COc1ccc(/C=N/N(C(=O)c2ccc(S(=O)(=O)N(C)C3CCCCC3)cc2)c2nc3ccc(C)cc3s2)cc1. The second-order valence-corrected chi connectivity index (χ2v) is 12.9. The molecule has 3 aromatic carbocycles. The molecule has 0 radical (unpaired) electrons.